The second-order valence-corrected chi connectivity index (χ2v) is 7.71. The molecule has 1 aliphatic heterocycles. The zero-order valence-corrected chi connectivity index (χ0v) is 18.4. The first-order chi connectivity index (χ1) is 15.0. The van der Waals surface area contributed by atoms with Gasteiger partial charge in [0.25, 0.3) is 5.91 Å². The van der Waals surface area contributed by atoms with Gasteiger partial charge in [-0.3, -0.25) is 19.2 Å². The molecule has 180 valence electrons. The maximum Gasteiger partial charge on any atom is 0.344 e. The molecule has 0 aliphatic carbocycles. The van der Waals surface area contributed by atoms with Crippen molar-refractivity contribution in [1.82, 2.24) is 20.7 Å². The average Bonchev–Trinajstić information content (AvgIpc) is 2.98. The van der Waals surface area contributed by atoms with Gasteiger partial charge in [0.05, 0.1) is 6.42 Å². The number of urea groups is 1. The molecule has 1 rings (SSSR count). The van der Waals surface area contributed by atoms with E-state index in [0.29, 0.717) is 29.4 Å². The van der Waals surface area contributed by atoms with Crippen molar-refractivity contribution in [2.75, 3.05) is 6.54 Å². The summed E-state index contributed by atoms with van der Waals surface area (Å²) >= 11 is 0. The van der Waals surface area contributed by atoms with Crippen LogP contribution in [0.15, 0.2) is 0 Å². The summed E-state index contributed by atoms with van der Waals surface area (Å²) < 4.78 is 0. The number of nitrogens with two attached hydrogens (primary N) is 1. The molecule has 1 aliphatic rings. The Morgan fingerprint density at radius 3 is 2.28 bits per heavy atom. The van der Waals surface area contributed by atoms with Crippen molar-refractivity contribution in [1.29, 1.82) is 0 Å². The van der Waals surface area contributed by atoms with Crippen LogP contribution in [0.3, 0.4) is 0 Å². The minimum absolute atomic E-state index is 0.245. The van der Waals surface area contributed by atoms with Gasteiger partial charge in [0.15, 0.2) is 0 Å². The van der Waals surface area contributed by atoms with Crippen molar-refractivity contribution < 1.29 is 39.0 Å². The van der Waals surface area contributed by atoms with Crippen LogP contribution in [0.4, 0.5) is 4.79 Å². The molecule has 0 bridgehead atoms. The molecule has 3 atom stereocenters. The molecule has 13 nitrogen and oxygen atoms in total. The number of carboxylic acid groups (broad SMARTS) is 2. The lowest BCUT2D eigenvalue weighted by Gasteiger charge is -2.35. The molecule has 0 radical (unpaired) electrons. The summed E-state index contributed by atoms with van der Waals surface area (Å²) in [5.74, 6) is -6.17. The highest BCUT2D eigenvalue weighted by Crippen LogP contribution is 2.20. The van der Waals surface area contributed by atoms with Crippen LogP contribution in [0.2, 0.25) is 0 Å². The standard InChI is InChI=1S/C19H31N5O8/c1-4-13(25)23(24-17(29)11(21-19(24)32)7-5-6-8-20)12(9-14(26)27)16(28)22-15(10(2)3)18(30)31/h10-12,15H,4-9,20H2,1-3H3,(H,21,32)(H,22,28)(H,26,27)(H,30,31)/t11-,12-,15-/m0/s1. The number of hydrogen-bond acceptors (Lipinski definition) is 7. The maximum atomic E-state index is 12.9. The number of rotatable bonds is 13. The van der Waals surface area contributed by atoms with E-state index in [-0.39, 0.29) is 12.8 Å². The Balaban J connectivity index is 3.31. The van der Waals surface area contributed by atoms with E-state index in [1.54, 1.807) is 0 Å². The Morgan fingerprint density at radius 1 is 1.19 bits per heavy atom. The predicted octanol–water partition coefficient (Wildman–Crippen LogP) is -0.742. The van der Waals surface area contributed by atoms with Crippen molar-refractivity contribution in [3.63, 3.8) is 0 Å². The van der Waals surface area contributed by atoms with E-state index in [0.717, 1.165) is 0 Å². The van der Waals surface area contributed by atoms with E-state index in [2.05, 4.69) is 10.6 Å². The summed E-state index contributed by atoms with van der Waals surface area (Å²) in [7, 11) is 0. The predicted molar refractivity (Wildman–Crippen MR) is 110 cm³/mol. The Hall–Kier alpha value is -3.22. The van der Waals surface area contributed by atoms with Gasteiger partial charge < -0.3 is 26.6 Å². The van der Waals surface area contributed by atoms with Crippen LogP contribution in [-0.4, -0.2) is 80.6 Å². The molecule has 1 fully saturated rings. The molecular weight excluding hydrogens is 426 g/mol. The van der Waals surface area contributed by atoms with Crippen molar-refractivity contribution >= 4 is 35.7 Å². The third-order valence-corrected chi connectivity index (χ3v) is 4.91. The number of nitrogens with one attached hydrogen (secondary N) is 2. The number of amides is 5. The molecule has 0 aromatic heterocycles. The molecule has 5 amide bonds. The second kappa shape index (κ2) is 12.0. The van der Waals surface area contributed by atoms with Gasteiger partial charge in [-0.15, -0.1) is 0 Å². The number of carboxylic acids is 2. The summed E-state index contributed by atoms with van der Waals surface area (Å²) in [5, 5.41) is 24.2. The lowest BCUT2D eigenvalue weighted by Crippen LogP contribution is -2.61. The summed E-state index contributed by atoms with van der Waals surface area (Å²) in [6, 6.07) is -5.13. The van der Waals surface area contributed by atoms with Crippen LogP contribution in [0.25, 0.3) is 0 Å². The van der Waals surface area contributed by atoms with E-state index in [1.807, 2.05) is 0 Å². The van der Waals surface area contributed by atoms with Gasteiger partial charge in [-0.2, -0.15) is 5.01 Å². The van der Waals surface area contributed by atoms with E-state index in [1.165, 1.54) is 20.8 Å². The Labute approximate surface area is 185 Å². The molecule has 0 saturated carbocycles. The number of imide groups is 1. The Morgan fingerprint density at radius 2 is 1.81 bits per heavy atom. The molecule has 0 aromatic carbocycles. The molecule has 0 spiro atoms. The van der Waals surface area contributed by atoms with Gasteiger partial charge in [-0.05, 0) is 31.7 Å². The lowest BCUT2D eigenvalue weighted by atomic mass is 10.0. The first-order valence-electron chi connectivity index (χ1n) is 10.4. The molecule has 0 aromatic rings. The van der Waals surface area contributed by atoms with Gasteiger partial charge in [0.1, 0.15) is 18.1 Å². The van der Waals surface area contributed by atoms with Crippen LogP contribution >= 0.6 is 0 Å². The minimum atomic E-state index is -1.82. The van der Waals surface area contributed by atoms with Gasteiger partial charge in [0.2, 0.25) is 11.8 Å². The number of carbonyl (C=O) groups excluding carboxylic acids is 4. The normalized spacial score (nSPS) is 17.7. The fourth-order valence-corrected chi connectivity index (χ4v) is 3.22. The van der Waals surface area contributed by atoms with E-state index >= 15 is 0 Å². The highest BCUT2D eigenvalue weighted by atomic mass is 16.4. The fraction of sp³-hybridized carbons (Fsp3) is 0.684. The number of carbonyl (C=O) groups is 6. The Bertz CT molecular complexity index is 756. The third kappa shape index (κ3) is 6.64. The zero-order valence-electron chi connectivity index (χ0n) is 18.4. The molecular formula is C19H31N5O8. The number of hydrazine groups is 1. The van der Waals surface area contributed by atoms with E-state index in [9.17, 15) is 39.0 Å². The molecule has 1 saturated heterocycles. The Kier molecular flexibility index (Phi) is 10.0. The SMILES string of the molecule is CCC(=O)N([C@@H](CC(=O)O)C(=O)N[C@H](C(=O)O)C(C)C)N1C(=O)N[C@@H](CCCCN)C1=O. The van der Waals surface area contributed by atoms with Crippen molar-refractivity contribution in [3.05, 3.63) is 0 Å². The quantitative estimate of drug-likeness (QED) is 0.174. The van der Waals surface area contributed by atoms with Crippen LogP contribution in [0, 0.1) is 5.92 Å². The number of unbranched alkanes of at least 4 members (excludes halogenated alkanes) is 1. The molecule has 6 N–H and O–H groups in total. The fourth-order valence-electron chi connectivity index (χ4n) is 3.22. The van der Waals surface area contributed by atoms with Gasteiger partial charge in [-0.1, -0.05) is 20.8 Å². The summed E-state index contributed by atoms with van der Waals surface area (Å²) in [5.41, 5.74) is 5.43. The highest BCUT2D eigenvalue weighted by molar-refractivity contribution is 6.06. The molecule has 32 heavy (non-hydrogen) atoms. The zero-order chi connectivity index (χ0) is 24.6. The van der Waals surface area contributed by atoms with Crippen molar-refractivity contribution in [3.8, 4) is 0 Å². The summed E-state index contributed by atoms with van der Waals surface area (Å²) in [6.45, 7) is 4.87. The number of nitrogens with zero attached hydrogens (tertiary/aromatic N) is 2. The molecule has 1 heterocycles. The van der Waals surface area contributed by atoms with Crippen LogP contribution in [-0.2, 0) is 24.0 Å². The largest absolute Gasteiger partial charge is 0.481 e. The first-order valence-corrected chi connectivity index (χ1v) is 10.4. The highest BCUT2D eigenvalue weighted by Gasteiger charge is 2.47. The number of hydrogen-bond donors (Lipinski definition) is 5. The van der Waals surface area contributed by atoms with Crippen LogP contribution in [0.1, 0.15) is 52.9 Å². The first kappa shape index (κ1) is 26.8. The number of aliphatic carboxylic acids is 2. The smallest absolute Gasteiger partial charge is 0.344 e. The van der Waals surface area contributed by atoms with Gasteiger partial charge >= 0.3 is 18.0 Å². The van der Waals surface area contributed by atoms with Crippen LogP contribution < -0.4 is 16.4 Å². The monoisotopic (exact) mass is 457 g/mol. The summed E-state index contributed by atoms with van der Waals surface area (Å²) in [6.07, 6.45) is 0.182. The van der Waals surface area contributed by atoms with E-state index < -0.39 is 66.2 Å². The van der Waals surface area contributed by atoms with Gasteiger partial charge in [0, 0.05) is 6.42 Å². The van der Waals surface area contributed by atoms with Crippen LogP contribution in [0.5, 0.6) is 0 Å². The average molecular weight is 457 g/mol. The van der Waals surface area contributed by atoms with Crippen molar-refractivity contribution in [2.45, 2.75) is 71.0 Å². The van der Waals surface area contributed by atoms with Crippen molar-refractivity contribution in [2.24, 2.45) is 11.7 Å². The van der Waals surface area contributed by atoms with E-state index in [4.69, 9.17) is 5.73 Å². The minimum Gasteiger partial charge on any atom is -0.481 e. The lowest BCUT2D eigenvalue weighted by molar-refractivity contribution is -0.166. The third-order valence-electron chi connectivity index (χ3n) is 4.91. The summed E-state index contributed by atoms with van der Waals surface area (Å²) in [4.78, 5) is 73.9. The van der Waals surface area contributed by atoms with Gasteiger partial charge in [-0.25, -0.2) is 14.6 Å². The maximum absolute atomic E-state index is 12.9. The molecule has 0 unspecified atom stereocenters. The second-order valence-electron chi connectivity index (χ2n) is 7.71. The molecule has 13 heteroatoms. The topological polar surface area (TPSA) is 199 Å².